The molecule has 8 heteroatoms. The Morgan fingerprint density at radius 1 is 1.16 bits per heavy atom. The van der Waals surface area contributed by atoms with Gasteiger partial charge in [-0.1, -0.05) is 0 Å². The van der Waals surface area contributed by atoms with Gasteiger partial charge in [-0.2, -0.15) is 13.2 Å². The number of halogens is 3. The third-order valence-corrected chi connectivity index (χ3v) is 4.13. The molecule has 0 unspecified atom stereocenters. The van der Waals surface area contributed by atoms with Crippen LogP contribution in [0.25, 0.3) is 0 Å². The maximum Gasteiger partial charge on any atom is 0.391 e. The minimum Gasteiger partial charge on any atom is -0.341 e. The molecule has 2 aliphatic rings. The number of aromatic nitrogens is 3. The van der Waals surface area contributed by atoms with Crippen molar-refractivity contribution in [1.29, 1.82) is 0 Å². The molecule has 1 aliphatic heterocycles. The Bertz CT molecular complexity index is 509. The van der Waals surface area contributed by atoms with Crippen LogP contribution in [0.3, 0.4) is 0 Å². The van der Waals surface area contributed by atoms with Gasteiger partial charge in [-0.15, -0.1) is 5.10 Å². The van der Waals surface area contributed by atoms with Crippen molar-refractivity contribution in [3.8, 4) is 0 Å². The summed E-state index contributed by atoms with van der Waals surface area (Å²) in [4.78, 5) is 1.91. The van der Waals surface area contributed by atoms with E-state index >= 15 is 0 Å². The van der Waals surface area contributed by atoms with Crippen molar-refractivity contribution in [1.82, 2.24) is 14.8 Å². The number of alkyl halides is 3. The van der Waals surface area contributed by atoms with Gasteiger partial charge in [0.25, 0.3) is 0 Å². The van der Waals surface area contributed by atoms with Gasteiger partial charge in [0.1, 0.15) is 0 Å². The number of hydrogen-bond donors (Lipinski definition) is 1. The SMILES string of the molecule is FC(F)(F)C1CCN(c2n[nH]c(=S)n2C2CC2)CC1. The molecule has 19 heavy (non-hydrogen) atoms. The molecule has 0 atom stereocenters. The predicted octanol–water partition coefficient (Wildman–Crippen LogP) is 3.05. The highest BCUT2D eigenvalue weighted by molar-refractivity contribution is 7.71. The summed E-state index contributed by atoms with van der Waals surface area (Å²) >= 11 is 5.18. The van der Waals surface area contributed by atoms with E-state index < -0.39 is 12.1 Å². The molecule has 0 bridgehead atoms. The lowest BCUT2D eigenvalue weighted by atomic mass is 9.96. The normalized spacial score (nSPS) is 21.9. The van der Waals surface area contributed by atoms with Gasteiger partial charge in [0, 0.05) is 19.1 Å². The molecule has 1 aliphatic carbocycles. The summed E-state index contributed by atoms with van der Waals surface area (Å²) in [6.07, 6.45) is -1.67. The summed E-state index contributed by atoms with van der Waals surface area (Å²) < 4.78 is 40.4. The molecule has 1 N–H and O–H groups in total. The quantitative estimate of drug-likeness (QED) is 0.851. The molecule has 2 fully saturated rings. The lowest BCUT2D eigenvalue weighted by Crippen LogP contribution is -2.40. The Kier molecular flexibility index (Phi) is 3.07. The third-order valence-electron chi connectivity index (χ3n) is 3.84. The van der Waals surface area contributed by atoms with Gasteiger partial charge in [0.05, 0.1) is 5.92 Å². The van der Waals surface area contributed by atoms with Gasteiger partial charge in [-0.3, -0.25) is 4.57 Å². The zero-order valence-corrected chi connectivity index (χ0v) is 11.1. The van der Waals surface area contributed by atoms with Crippen LogP contribution < -0.4 is 4.90 Å². The molecule has 0 spiro atoms. The Morgan fingerprint density at radius 2 is 1.79 bits per heavy atom. The van der Waals surface area contributed by atoms with E-state index in [1.54, 1.807) is 0 Å². The number of anilines is 1. The minimum atomic E-state index is -4.08. The van der Waals surface area contributed by atoms with E-state index in [1.807, 2.05) is 9.47 Å². The number of hydrogen-bond acceptors (Lipinski definition) is 3. The van der Waals surface area contributed by atoms with E-state index in [4.69, 9.17) is 12.2 Å². The first-order valence-corrected chi connectivity index (χ1v) is 6.86. The van der Waals surface area contributed by atoms with Crippen molar-refractivity contribution in [2.45, 2.75) is 37.9 Å². The second-order valence-electron chi connectivity index (χ2n) is 5.23. The minimum absolute atomic E-state index is 0.133. The van der Waals surface area contributed by atoms with Crippen molar-refractivity contribution >= 4 is 18.2 Å². The number of aromatic amines is 1. The molecule has 0 amide bonds. The maximum atomic E-state index is 12.6. The van der Waals surface area contributed by atoms with Crippen LogP contribution in [0.5, 0.6) is 0 Å². The second kappa shape index (κ2) is 4.50. The summed E-state index contributed by atoms with van der Waals surface area (Å²) in [7, 11) is 0. The summed E-state index contributed by atoms with van der Waals surface area (Å²) in [5.41, 5.74) is 0. The van der Waals surface area contributed by atoms with Gasteiger partial charge < -0.3 is 4.90 Å². The van der Waals surface area contributed by atoms with Gasteiger partial charge >= 0.3 is 6.18 Å². The first-order chi connectivity index (χ1) is 8.97. The summed E-state index contributed by atoms with van der Waals surface area (Å²) in [6, 6.07) is 0.376. The first-order valence-electron chi connectivity index (χ1n) is 6.45. The van der Waals surface area contributed by atoms with Gasteiger partial charge in [0.2, 0.25) is 5.95 Å². The molecule has 106 valence electrons. The van der Waals surface area contributed by atoms with Crippen LogP contribution >= 0.6 is 12.2 Å². The highest BCUT2D eigenvalue weighted by Crippen LogP contribution is 2.39. The maximum absolute atomic E-state index is 12.6. The first kappa shape index (κ1) is 13.0. The number of rotatable bonds is 2. The Hall–Kier alpha value is -1.05. The van der Waals surface area contributed by atoms with E-state index in [-0.39, 0.29) is 12.8 Å². The van der Waals surface area contributed by atoms with Gasteiger partial charge in [0.15, 0.2) is 4.77 Å². The molecular weight excluding hydrogens is 277 g/mol. The van der Waals surface area contributed by atoms with Crippen LogP contribution in [0.15, 0.2) is 0 Å². The molecular formula is C11H15F3N4S. The molecule has 3 rings (SSSR count). The average molecular weight is 292 g/mol. The van der Waals surface area contributed by atoms with Crippen LogP contribution in [-0.2, 0) is 0 Å². The van der Waals surface area contributed by atoms with Crippen molar-refractivity contribution < 1.29 is 13.2 Å². The van der Waals surface area contributed by atoms with E-state index in [9.17, 15) is 13.2 Å². The highest BCUT2D eigenvalue weighted by Gasteiger charge is 2.42. The topological polar surface area (TPSA) is 36.9 Å². The van der Waals surface area contributed by atoms with Crippen LogP contribution in [0.2, 0.25) is 0 Å². The number of nitrogens with zero attached hydrogens (tertiary/aromatic N) is 3. The van der Waals surface area contributed by atoms with Gasteiger partial charge in [-0.25, -0.2) is 5.10 Å². The zero-order valence-electron chi connectivity index (χ0n) is 10.3. The molecule has 2 heterocycles. The Morgan fingerprint density at radius 3 is 2.32 bits per heavy atom. The molecule has 1 aromatic rings. The molecule has 1 saturated heterocycles. The van der Waals surface area contributed by atoms with Crippen molar-refractivity contribution in [2.75, 3.05) is 18.0 Å². The summed E-state index contributed by atoms with van der Waals surface area (Å²) in [6.45, 7) is 0.771. The molecule has 1 saturated carbocycles. The standard InChI is InChI=1S/C11H15F3N4S/c12-11(13,14)7-3-5-17(6-4-7)9-15-16-10(19)18(9)8-1-2-8/h7-8H,1-6H2,(H,16,19). The van der Waals surface area contributed by atoms with Crippen LogP contribution in [0, 0.1) is 10.7 Å². The molecule has 0 radical (unpaired) electrons. The fraction of sp³-hybridized carbons (Fsp3) is 0.818. The second-order valence-corrected chi connectivity index (χ2v) is 5.62. The zero-order chi connectivity index (χ0) is 13.6. The fourth-order valence-corrected chi connectivity index (χ4v) is 2.86. The van der Waals surface area contributed by atoms with Crippen molar-refractivity contribution in [3.05, 3.63) is 4.77 Å². The van der Waals surface area contributed by atoms with Gasteiger partial charge in [-0.05, 0) is 37.9 Å². The van der Waals surface area contributed by atoms with E-state index in [2.05, 4.69) is 10.2 Å². The van der Waals surface area contributed by atoms with E-state index in [0.29, 0.717) is 29.9 Å². The molecule has 0 aromatic carbocycles. The number of piperidine rings is 1. The molecule has 1 aromatic heterocycles. The fourth-order valence-electron chi connectivity index (χ4n) is 2.59. The lowest BCUT2D eigenvalue weighted by Gasteiger charge is -2.33. The smallest absolute Gasteiger partial charge is 0.341 e. The third kappa shape index (κ3) is 2.50. The van der Waals surface area contributed by atoms with Crippen LogP contribution in [-0.4, -0.2) is 34.0 Å². The highest BCUT2D eigenvalue weighted by atomic mass is 32.1. The van der Waals surface area contributed by atoms with E-state index in [1.165, 1.54) is 0 Å². The summed E-state index contributed by atoms with van der Waals surface area (Å²) in [5, 5.41) is 6.93. The van der Waals surface area contributed by atoms with Crippen molar-refractivity contribution in [2.24, 2.45) is 5.92 Å². The summed E-state index contributed by atoms with van der Waals surface area (Å²) in [5.74, 6) is -0.479. The van der Waals surface area contributed by atoms with E-state index in [0.717, 1.165) is 12.8 Å². The Balaban J connectivity index is 1.74. The Labute approximate surface area is 113 Å². The van der Waals surface area contributed by atoms with Crippen molar-refractivity contribution in [3.63, 3.8) is 0 Å². The monoisotopic (exact) mass is 292 g/mol. The number of H-pyrrole nitrogens is 1. The average Bonchev–Trinajstić information content (AvgIpc) is 3.12. The predicted molar refractivity (Wildman–Crippen MR) is 66.7 cm³/mol. The van der Waals surface area contributed by atoms with Crippen LogP contribution in [0.4, 0.5) is 19.1 Å². The number of nitrogens with one attached hydrogen (secondary N) is 1. The molecule has 4 nitrogen and oxygen atoms in total. The largest absolute Gasteiger partial charge is 0.391 e. The lowest BCUT2D eigenvalue weighted by molar-refractivity contribution is -0.179. The van der Waals surface area contributed by atoms with Crippen LogP contribution in [0.1, 0.15) is 31.7 Å².